The Labute approximate surface area is 432 Å². The van der Waals surface area contributed by atoms with E-state index in [0.717, 1.165) is 61.7 Å². The number of para-hydroxylation sites is 4. The molecule has 0 aliphatic rings. The second-order valence-electron chi connectivity index (χ2n) is 23.7. The monoisotopic (exact) mass is 957 g/mol. The van der Waals surface area contributed by atoms with Crippen molar-refractivity contribution < 1.29 is 0 Å². The molecule has 0 saturated carbocycles. The van der Waals surface area contributed by atoms with Crippen LogP contribution in [0.3, 0.4) is 0 Å². The lowest BCUT2D eigenvalue weighted by Gasteiger charge is -2.29. The number of anilines is 6. The lowest BCUT2D eigenvalue weighted by Crippen LogP contribution is -2.15. The summed E-state index contributed by atoms with van der Waals surface area (Å²) in [5.41, 5.74) is 18.0. The van der Waals surface area contributed by atoms with E-state index < -0.39 is 0 Å². The molecule has 9 aromatic carbocycles. The zero-order valence-electron chi connectivity index (χ0n) is 43.7. The van der Waals surface area contributed by atoms with Gasteiger partial charge in [0.05, 0.1) is 44.5 Å². The first-order valence-corrected chi connectivity index (χ1v) is 26.2. The number of hydrogen-bond acceptors (Lipinski definition) is 3. The summed E-state index contributed by atoms with van der Waals surface area (Å²) in [7, 11) is 0. The first-order valence-electron chi connectivity index (χ1n) is 26.2. The Hall–Kier alpha value is -8.41. The number of fused-ring (bicyclic) bond motifs is 14. The van der Waals surface area contributed by atoms with Crippen molar-refractivity contribution in [2.45, 2.75) is 78.6 Å². The standard InChI is InChI=1S/C69H59N5/c1-67(2,3)43-35-52-54-37-45(69(7,8)9)39-58(71(46-25-14-10-15-26-46)47-27-16-11-17-28-47)63(54)73-57-41-55-60-50-33-23-22-24-42(50)34-51-53-36-44(68(4,5)6)40-59(72(48-29-18-12-19-30-48)49-31-20-13-21-32-49)64(53)74(65(51)60)66(55)70-61(57)56(38-43)62(52)73/h10-41H,1-9H3. The van der Waals surface area contributed by atoms with Crippen LogP contribution in [-0.2, 0) is 16.2 Å². The van der Waals surface area contributed by atoms with Gasteiger partial charge in [-0.2, -0.15) is 0 Å². The van der Waals surface area contributed by atoms with Crippen LogP contribution < -0.4 is 9.80 Å². The van der Waals surface area contributed by atoms with Gasteiger partial charge in [0.25, 0.3) is 0 Å². The molecule has 0 amide bonds. The highest BCUT2D eigenvalue weighted by atomic mass is 15.2. The van der Waals surface area contributed by atoms with E-state index >= 15 is 0 Å². The molecule has 0 N–H and O–H groups in total. The molecule has 0 bridgehead atoms. The first kappa shape index (κ1) is 44.3. The highest BCUT2D eigenvalue weighted by Gasteiger charge is 2.32. The van der Waals surface area contributed by atoms with Crippen LogP contribution in [0.15, 0.2) is 194 Å². The number of pyridine rings is 1. The average Bonchev–Trinajstić information content (AvgIpc) is 4.13. The third-order valence-corrected chi connectivity index (χ3v) is 15.9. The van der Waals surface area contributed by atoms with Crippen molar-refractivity contribution in [3.8, 4) is 0 Å². The van der Waals surface area contributed by atoms with Crippen LogP contribution in [0.4, 0.5) is 34.1 Å². The Morgan fingerprint density at radius 2 is 0.730 bits per heavy atom. The molecule has 5 heteroatoms. The number of nitrogens with zero attached hydrogens (tertiary/aromatic N) is 5. The average molecular weight is 958 g/mol. The third kappa shape index (κ3) is 6.45. The van der Waals surface area contributed by atoms with Gasteiger partial charge in [0.2, 0.25) is 0 Å². The molecule has 0 radical (unpaired) electrons. The van der Waals surface area contributed by atoms with Crippen LogP contribution in [-0.4, -0.2) is 13.8 Å². The van der Waals surface area contributed by atoms with E-state index in [2.05, 4.69) is 275 Å². The second-order valence-corrected chi connectivity index (χ2v) is 23.7. The summed E-state index contributed by atoms with van der Waals surface area (Å²) in [5, 5.41) is 11.0. The van der Waals surface area contributed by atoms with E-state index in [4.69, 9.17) is 4.98 Å². The maximum atomic E-state index is 6.12. The lowest BCUT2D eigenvalue weighted by molar-refractivity contribution is 0.591. The van der Waals surface area contributed by atoms with E-state index in [1.165, 1.54) is 76.3 Å². The Kier molecular flexibility index (Phi) is 9.31. The predicted octanol–water partition coefficient (Wildman–Crippen LogP) is 19.4. The molecule has 0 spiro atoms. The fourth-order valence-corrected chi connectivity index (χ4v) is 12.1. The van der Waals surface area contributed by atoms with Crippen LogP contribution in [0.5, 0.6) is 0 Å². The van der Waals surface area contributed by atoms with E-state index in [0.29, 0.717) is 0 Å². The van der Waals surface area contributed by atoms with Crippen molar-refractivity contribution in [3.05, 3.63) is 211 Å². The van der Waals surface area contributed by atoms with Gasteiger partial charge in [0.15, 0.2) is 0 Å². The molecule has 74 heavy (non-hydrogen) atoms. The minimum Gasteiger partial charge on any atom is -0.308 e. The third-order valence-electron chi connectivity index (χ3n) is 15.9. The van der Waals surface area contributed by atoms with E-state index in [9.17, 15) is 0 Å². The smallest absolute Gasteiger partial charge is 0.146 e. The maximum Gasteiger partial charge on any atom is 0.146 e. The van der Waals surface area contributed by atoms with Crippen molar-refractivity contribution in [1.82, 2.24) is 13.8 Å². The second kappa shape index (κ2) is 15.6. The predicted molar refractivity (Wildman–Crippen MR) is 317 cm³/mol. The lowest BCUT2D eigenvalue weighted by atomic mass is 9.84. The molecule has 0 fully saturated rings. The SMILES string of the molecule is CC(C)(C)c1cc(N(c2ccccc2)c2ccccc2)c2c(c1)c1cc(C(C)(C)C)cc3c4nc5c(cc4n2c13)c1c2ccccc2cc2c3cc(C(C)(C)C)cc(N(c4ccccc4)c4ccccc4)c3n5c21. The van der Waals surface area contributed by atoms with Crippen LogP contribution >= 0.6 is 0 Å². The molecule has 14 rings (SSSR count). The Morgan fingerprint density at radius 1 is 0.338 bits per heavy atom. The molecule has 0 aliphatic heterocycles. The van der Waals surface area contributed by atoms with Gasteiger partial charge in [-0.05, 0) is 141 Å². The minimum atomic E-state index is -0.126. The first-order chi connectivity index (χ1) is 35.6. The van der Waals surface area contributed by atoms with Gasteiger partial charge in [0, 0.05) is 60.5 Å². The van der Waals surface area contributed by atoms with Gasteiger partial charge in [-0.3, -0.25) is 4.40 Å². The van der Waals surface area contributed by atoms with Crippen molar-refractivity contribution in [1.29, 1.82) is 0 Å². The summed E-state index contributed by atoms with van der Waals surface area (Å²) < 4.78 is 5.12. The fraction of sp³-hybridized carbons (Fsp3) is 0.174. The molecule has 0 aliphatic carbocycles. The molecule has 5 heterocycles. The quantitative estimate of drug-likeness (QED) is 0.166. The minimum absolute atomic E-state index is 0.121. The highest BCUT2D eigenvalue weighted by molar-refractivity contribution is 6.34. The highest BCUT2D eigenvalue weighted by Crippen LogP contribution is 2.52. The van der Waals surface area contributed by atoms with Crippen LogP contribution in [0.2, 0.25) is 0 Å². The van der Waals surface area contributed by atoms with Crippen molar-refractivity contribution in [2.75, 3.05) is 9.80 Å². The van der Waals surface area contributed by atoms with Crippen LogP contribution in [0.1, 0.15) is 79.0 Å². The summed E-state index contributed by atoms with van der Waals surface area (Å²) in [6.45, 7) is 21.0. The summed E-state index contributed by atoms with van der Waals surface area (Å²) in [6.07, 6.45) is 0. The number of aromatic nitrogens is 3. The Morgan fingerprint density at radius 3 is 1.20 bits per heavy atom. The van der Waals surface area contributed by atoms with Crippen LogP contribution in [0.25, 0.3) is 87.2 Å². The number of rotatable bonds is 6. The van der Waals surface area contributed by atoms with Crippen molar-refractivity contribution in [2.24, 2.45) is 0 Å². The summed E-state index contributed by atoms with van der Waals surface area (Å²) in [4.78, 5) is 11.0. The topological polar surface area (TPSA) is 28.2 Å². The van der Waals surface area contributed by atoms with Crippen LogP contribution in [0, 0.1) is 0 Å². The normalized spacial score (nSPS) is 12.9. The summed E-state index contributed by atoms with van der Waals surface area (Å²) in [5.74, 6) is 0. The zero-order chi connectivity index (χ0) is 50.6. The number of benzene rings is 9. The Bertz CT molecular complexity index is 4430. The largest absolute Gasteiger partial charge is 0.308 e. The van der Waals surface area contributed by atoms with Gasteiger partial charge < -0.3 is 14.2 Å². The van der Waals surface area contributed by atoms with Gasteiger partial charge >= 0.3 is 0 Å². The van der Waals surface area contributed by atoms with Gasteiger partial charge in [0.1, 0.15) is 5.65 Å². The van der Waals surface area contributed by atoms with E-state index in [1.54, 1.807) is 0 Å². The molecule has 0 unspecified atom stereocenters. The summed E-state index contributed by atoms with van der Waals surface area (Å²) in [6, 6.07) is 72.2. The zero-order valence-corrected chi connectivity index (χ0v) is 43.7. The summed E-state index contributed by atoms with van der Waals surface area (Å²) >= 11 is 0. The van der Waals surface area contributed by atoms with Crippen molar-refractivity contribution in [3.63, 3.8) is 0 Å². The van der Waals surface area contributed by atoms with Gasteiger partial charge in [-0.15, -0.1) is 0 Å². The van der Waals surface area contributed by atoms with Crippen molar-refractivity contribution >= 4 is 121 Å². The molecule has 0 atom stereocenters. The molecule has 14 aromatic rings. The van der Waals surface area contributed by atoms with E-state index in [1.807, 2.05) is 0 Å². The molecular weight excluding hydrogens is 899 g/mol. The molecule has 360 valence electrons. The molecule has 5 aromatic heterocycles. The molecule has 5 nitrogen and oxygen atoms in total. The fourth-order valence-electron chi connectivity index (χ4n) is 12.1. The van der Waals surface area contributed by atoms with Gasteiger partial charge in [-0.25, -0.2) is 4.98 Å². The van der Waals surface area contributed by atoms with E-state index in [-0.39, 0.29) is 16.2 Å². The Balaban J connectivity index is 1.21. The number of hydrogen-bond donors (Lipinski definition) is 0. The molecule has 0 saturated heterocycles. The molecular formula is C69H59N5. The maximum absolute atomic E-state index is 6.12. The van der Waals surface area contributed by atoms with Gasteiger partial charge in [-0.1, -0.05) is 159 Å².